The summed E-state index contributed by atoms with van der Waals surface area (Å²) in [5, 5.41) is 8.96. The first-order chi connectivity index (χ1) is 7.95. The van der Waals surface area contributed by atoms with E-state index in [-0.39, 0.29) is 18.7 Å². The molecule has 0 spiro atoms. The van der Waals surface area contributed by atoms with E-state index in [4.69, 9.17) is 9.84 Å². The molecule has 3 nitrogen and oxygen atoms in total. The van der Waals surface area contributed by atoms with E-state index in [1.54, 1.807) is 6.92 Å². The van der Waals surface area contributed by atoms with Crippen molar-refractivity contribution < 1.29 is 14.6 Å². The van der Waals surface area contributed by atoms with Crippen LogP contribution in [-0.4, -0.2) is 23.8 Å². The second-order valence-electron chi connectivity index (χ2n) is 5.89. The van der Waals surface area contributed by atoms with Gasteiger partial charge in [0.05, 0.1) is 12.5 Å². The van der Waals surface area contributed by atoms with Gasteiger partial charge in [-0.15, -0.1) is 0 Å². The van der Waals surface area contributed by atoms with Gasteiger partial charge in [0.1, 0.15) is 6.10 Å². The third-order valence-electron chi connectivity index (χ3n) is 3.91. The number of hydrogen-bond donors (Lipinski definition) is 1. The number of aliphatic hydroxyl groups excluding tert-OH is 1. The minimum absolute atomic E-state index is 0.0419. The van der Waals surface area contributed by atoms with Gasteiger partial charge in [0.25, 0.3) is 0 Å². The summed E-state index contributed by atoms with van der Waals surface area (Å²) >= 11 is 0. The summed E-state index contributed by atoms with van der Waals surface area (Å²) in [5.41, 5.74) is 0. The topological polar surface area (TPSA) is 46.5 Å². The first-order valence-corrected chi connectivity index (χ1v) is 6.77. The molecule has 0 heterocycles. The fourth-order valence-electron chi connectivity index (χ4n) is 2.59. The quantitative estimate of drug-likeness (QED) is 0.771. The van der Waals surface area contributed by atoms with Gasteiger partial charge in [-0.05, 0) is 37.5 Å². The van der Waals surface area contributed by atoms with E-state index < -0.39 is 5.92 Å². The summed E-state index contributed by atoms with van der Waals surface area (Å²) in [6, 6.07) is 0. The average molecular weight is 242 g/mol. The van der Waals surface area contributed by atoms with Crippen molar-refractivity contribution in [3.05, 3.63) is 0 Å². The summed E-state index contributed by atoms with van der Waals surface area (Å²) in [6.07, 6.45) is 3.38. The Morgan fingerprint density at radius 3 is 2.53 bits per heavy atom. The molecule has 4 atom stereocenters. The van der Waals surface area contributed by atoms with Crippen molar-refractivity contribution in [1.29, 1.82) is 0 Å². The Morgan fingerprint density at radius 2 is 2.00 bits per heavy atom. The highest BCUT2D eigenvalue weighted by molar-refractivity contribution is 5.72. The standard InChI is InChI=1S/C14H26O3/c1-9(2)12-6-5-10(3)7-13(12)17-14(16)11(4)8-15/h9-13,15H,5-8H2,1-4H3. The number of aliphatic hydroxyl groups is 1. The van der Waals surface area contributed by atoms with Gasteiger partial charge in [-0.25, -0.2) is 0 Å². The normalized spacial score (nSPS) is 31.3. The fourth-order valence-corrected chi connectivity index (χ4v) is 2.59. The highest BCUT2D eigenvalue weighted by atomic mass is 16.5. The van der Waals surface area contributed by atoms with Crippen molar-refractivity contribution >= 4 is 5.97 Å². The SMILES string of the molecule is CC1CCC(C(C)C)C(OC(=O)C(C)CO)C1. The lowest BCUT2D eigenvalue weighted by atomic mass is 9.75. The van der Waals surface area contributed by atoms with Crippen LogP contribution in [0.1, 0.15) is 47.0 Å². The zero-order chi connectivity index (χ0) is 13.0. The van der Waals surface area contributed by atoms with Crippen LogP contribution < -0.4 is 0 Å². The molecule has 0 aromatic carbocycles. The molecule has 1 aliphatic carbocycles. The Bertz CT molecular complexity index is 250. The molecule has 3 heteroatoms. The number of rotatable bonds is 4. The maximum absolute atomic E-state index is 11.7. The Labute approximate surface area is 105 Å². The van der Waals surface area contributed by atoms with Crippen molar-refractivity contribution in [2.24, 2.45) is 23.7 Å². The van der Waals surface area contributed by atoms with Crippen LogP contribution in [0.4, 0.5) is 0 Å². The monoisotopic (exact) mass is 242 g/mol. The van der Waals surface area contributed by atoms with Crippen LogP contribution in [0.3, 0.4) is 0 Å². The maximum atomic E-state index is 11.7. The molecule has 17 heavy (non-hydrogen) atoms. The number of carbonyl (C=O) groups excluding carboxylic acids is 1. The highest BCUT2D eigenvalue weighted by Crippen LogP contribution is 2.35. The Morgan fingerprint density at radius 1 is 1.35 bits per heavy atom. The molecule has 0 aromatic rings. The van der Waals surface area contributed by atoms with Crippen LogP contribution in [0.25, 0.3) is 0 Å². The molecule has 1 saturated carbocycles. The second-order valence-corrected chi connectivity index (χ2v) is 5.89. The zero-order valence-corrected chi connectivity index (χ0v) is 11.5. The maximum Gasteiger partial charge on any atom is 0.311 e. The second kappa shape index (κ2) is 6.39. The van der Waals surface area contributed by atoms with E-state index in [9.17, 15) is 4.79 Å². The van der Waals surface area contributed by atoms with Crippen molar-refractivity contribution in [2.75, 3.05) is 6.61 Å². The summed E-state index contributed by atoms with van der Waals surface area (Å²) in [5.74, 6) is 0.996. The minimum Gasteiger partial charge on any atom is -0.462 e. The van der Waals surface area contributed by atoms with Crippen LogP contribution in [0, 0.1) is 23.7 Å². The first kappa shape index (κ1) is 14.5. The largest absolute Gasteiger partial charge is 0.462 e. The predicted octanol–water partition coefficient (Wildman–Crippen LogP) is 2.62. The molecule has 1 rings (SSSR count). The van der Waals surface area contributed by atoms with Crippen molar-refractivity contribution in [3.8, 4) is 0 Å². The summed E-state index contributed by atoms with van der Waals surface area (Å²) in [6.45, 7) is 8.17. The van der Waals surface area contributed by atoms with Gasteiger partial charge in [0, 0.05) is 0 Å². The van der Waals surface area contributed by atoms with E-state index >= 15 is 0 Å². The van der Waals surface area contributed by atoms with Gasteiger partial charge in [-0.2, -0.15) is 0 Å². The lowest BCUT2D eigenvalue weighted by Gasteiger charge is -2.37. The smallest absolute Gasteiger partial charge is 0.311 e. The van der Waals surface area contributed by atoms with E-state index in [0.717, 1.165) is 12.8 Å². The summed E-state index contributed by atoms with van der Waals surface area (Å²) in [7, 11) is 0. The Hall–Kier alpha value is -0.570. The fraction of sp³-hybridized carbons (Fsp3) is 0.929. The number of esters is 1. The molecule has 0 aromatic heterocycles. The molecule has 0 aliphatic heterocycles. The van der Waals surface area contributed by atoms with Crippen molar-refractivity contribution in [3.63, 3.8) is 0 Å². The van der Waals surface area contributed by atoms with Gasteiger partial charge in [0.15, 0.2) is 0 Å². The number of hydrogen-bond acceptors (Lipinski definition) is 3. The molecule has 0 amide bonds. The van der Waals surface area contributed by atoms with Crippen LogP contribution in [-0.2, 0) is 9.53 Å². The molecular formula is C14H26O3. The molecule has 4 unspecified atom stereocenters. The Kier molecular flexibility index (Phi) is 5.44. The van der Waals surface area contributed by atoms with Gasteiger partial charge in [-0.3, -0.25) is 4.79 Å². The van der Waals surface area contributed by atoms with Crippen molar-refractivity contribution in [1.82, 2.24) is 0 Å². The van der Waals surface area contributed by atoms with Gasteiger partial charge >= 0.3 is 5.97 Å². The zero-order valence-electron chi connectivity index (χ0n) is 11.5. The van der Waals surface area contributed by atoms with Gasteiger partial charge in [0.2, 0.25) is 0 Å². The molecule has 0 bridgehead atoms. The van der Waals surface area contributed by atoms with E-state index in [0.29, 0.717) is 17.8 Å². The predicted molar refractivity (Wildman–Crippen MR) is 67.5 cm³/mol. The van der Waals surface area contributed by atoms with Gasteiger partial charge < -0.3 is 9.84 Å². The average Bonchev–Trinajstić information content (AvgIpc) is 2.27. The molecule has 1 fully saturated rings. The molecule has 0 radical (unpaired) electrons. The Balaban J connectivity index is 2.60. The highest BCUT2D eigenvalue weighted by Gasteiger charge is 2.34. The summed E-state index contributed by atoms with van der Waals surface area (Å²) < 4.78 is 5.59. The first-order valence-electron chi connectivity index (χ1n) is 6.77. The lowest BCUT2D eigenvalue weighted by Crippen LogP contribution is -2.37. The van der Waals surface area contributed by atoms with E-state index in [2.05, 4.69) is 20.8 Å². The number of ether oxygens (including phenoxy) is 1. The molecule has 1 aliphatic rings. The molecular weight excluding hydrogens is 216 g/mol. The molecule has 0 saturated heterocycles. The third-order valence-corrected chi connectivity index (χ3v) is 3.91. The summed E-state index contributed by atoms with van der Waals surface area (Å²) in [4.78, 5) is 11.7. The lowest BCUT2D eigenvalue weighted by molar-refractivity contribution is -0.161. The molecule has 100 valence electrons. The van der Waals surface area contributed by atoms with Gasteiger partial charge in [-0.1, -0.05) is 27.2 Å². The van der Waals surface area contributed by atoms with E-state index in [1.807, 2.05) is 0 Å². The van der Waals surface area contributed by atoms with Crippen LogP contribution in [0.15, 0.2) is 0 Å². The van der Waals surface area contributed by atoms with Crippen LogP contribution in [0.2, 0.25) is 0 Å². The van der Waals surface area contributed by atoms with Crippen LogP contribution >= 0.6 is 0 Å². The number of carbonyl (C=O) groups is 1. The minimum atomic E-state index is -0.403. The van der Waals surface area contributed by atoms with Crippen LogP contribution in [0.5, 0.6) is 0 Å². The third kappa shape index (κ3) is 3.98. The van der Waals surface area contributed by atoms with Crippen molar-refractivity contribution in [2.45, 2.75) is 53.1 Å². The molecule has 1 N–H and O–H groups in total. The van der Waals surface area contributed by atoms with E-state index in [1.165, 1.54) is 6.42 Å².